The fourth-order valence-corrected chi connectivity index (χ4v) is 2.49. The normalized spacial score (nSPS) is 15.7. The molecular weight excluding hydrogens is 266 g/mol. The molecule has 0 unspecified atom stereocenters. The summed E-state index contributed by atoms with van der Waals surface area (Å²) in [6, 6.07) is 8.10. The van der Waals surface area contributed by atoms with Gasteiger partial charge in [-0.25, -0.2) is 14.8 Å². The summed E-state index contributed by atoms with van der Waals surface area (Å²) in [6.07, 6.45) is 2.45. The van der Waals surface area contributed by atoms with Gasteiger partial charge in [-0.1, -0.05) is 31.2 Å². The number of hydrogen-bond acceptors (Lipinski definition) is 4. The zero-order valence-electron chi connectivity index (χ0n) is 12.1. The number of anilines is 1. The molecule has 108 valence electrons. The molecule has 2 aromatic rings. The number of nitrogen functional groups attached to an aromatic ring is 1. The van der Waals surface area contributed by atoms with Crippen molar-refractivity contribution in [3.8, 4) is 11.4 Å². The predicted molar refractivity (Wildman–Crippen MR) is 80.2 cm³/mol. The van der Waals surface area contributed by atoms with Gasteiger partial charge in [0, 0.05) is 5.56 Å². The third kappa shape index (κ3) is 2.35. The van der Waals surface area contributed by atoms with Crippen molar-refractivity contribution in [3.63, 3.8) is 0 Å². The van der Waals surface area contributed by atoms with Gasteiger partial charge < -0.3 is 10.8 Å². The summed E-state index contributed by atoms with van der Waals surface area (Å²) in [4.78, 5) is 19.5. The molecule has 1 saturated carbocycles. The lowest BCUT2D eigenvalue weighted by molar-refractivity contribution is 0.0696. The highest BCUT2D eigenvalue weighted by Gasteiger charge is 2.38. The average Bonchev–Trinajstić information content (AvgIpc) is 3.17. The van der Waals surface area contributed by atoms with Crippen molar-refractivity contribution < 1.29 is 9.90 Å². The molecule has 0 aliphatic heterocycles. The SMILES string of the molecule is Cc1nc(-c2ccc(C3(C)CC3)cc2)nc(N)c1C(=O)O. The molecule has 0 saturated heterocycles. The molecule has 1 aliphatic rings. The second kappa shape index (κ2) is 4.55. The highest BCUT2D eigenvalue weighted by Crippen LogP contribution is 2.47. The highest BCUT2D eigenvalue weighted by molar-refractivity contribution is 5.94. The van der Waals surface area contributed by atoms with Crippen LogP contribution in [0, 0.1) is 6.92 Å². The Hall–Kier alpha value is -2.43. The Morgan fingerprint density at radius 1 is 1.24 bits per heavy atom. The zero-order chi connectivity index (χ0) is 15.2. The Morgan fingerprint density at radius 3 is 2.33 bits per heavy atom. The number of rotatable bonds is 3. The van der Waals surface area contributed by atoms with E-state index in [-0.39, 0.29) is 11.4 Å². The van der Waals surface area contributed by atoms with E-state index in [1.54, 1.807) is 6.92 Å². The fourth-order valence-electron chi connectivity index (χ4n) is 2.49. The van der Waals surface area contributed by atoms with Crippen molar-refractivity contribution in [2.75, 3.05) is 5.73 Å². The van der Waals surface area contributed by atoms with Gasteiger partial charge >= 0.3 is 5.97 Å². The smallest absolute Gasteiger partial charge is 0.341 e. The number of hydrogen-bond donors (Lipinski definition) is 2. The van der Waals surface area contributed by atoms with Crippen LogP contribution in [0.15, 0.2) is 24.3 Å². The minimum Gasteiger partial charge on any atom is -0.477 e. The lowest BCUT2D eigenvalue weighted by Gasteiger charge is -2.10. The molecule has 0 atom stereocenters. The van der Waals surface area contributed by atoms with Crippen LogP contribution in [0.3, 0.4) is 0 Å². The Labute approximate surface area is 122 Å². The lowest BCUT2D eigenvalue weighted by atomic mass is 9.97. The van der Waals surface area contributed by atoms with Gasteiger partial charge in [0.1, 0.15) is 11.4 Å². The zero-order valence-corrected chi connectivity index (χ0v) is 12.1. The van der Waals surface area contributed by atoms with Crippen LogP contribution in [-0.2, 0) is 5.41 Å². The summed E-state index contributed by atoms with van der Waals surface area (Å²) in [5.41, 5.74) is 8.57. The minimum absolute atomic E-state index is 0.00299. The minimum atomic E-state index is -1.10. The number of carboxylic acid groups (broad SMARTS) is 1. The first-order valence-electron chi connectivity index (χ1n) is 6.89. The maximum absolute atomic E-state index is 11.1. The topological polar surface area (TPSA) is 89.1 Å². The van der Waals surface area contributed by atoms with Crippen molar-refractivity contribution in [2.24, 2.45) is 0 Å². The van der Waals surface area contributed by atoms with Gasteiger partial charge in [0.25, 0.3) is 0 Å². The second-order valence-corrected chi connectivity index (χ2v) is 5.84. The van der Waals surface area contributed by atoms with Gasteiger partial charge in [0.15, 0.2) is 5.82 Å². The van der Waals surface area contributed by atoms with E-state index in [4.69, 9.17) is 10.8 Å². The number of benzene rings is 1. The number of nitrogens with zero attached hydrogens (tertiary/aromatic N) is 2. The number of carboxylic acids is 1. The van der Waals surface area contributed by atoms with Gasteiger partial charge in [-0.05, 0) is 30.7 Å². The van der Waals surface area contributed by atoms with E-state index in [0.717, 1.165) is 5.56 Å². The fraction of sp³-hybridized carbons (Fsp3) is 0.312. The summed E-state index contributed by atoms with van der Waals surface area (Å²) in [6.45, 7) is 3.88. The van der Waals surface area contributed by atoms with Gasteiger partial charge in [-0.15, -0.1) is 0 Å². The van der Waals surface area contributed by atoms with E-state index in [2.05, 4.69) is 29.0 Å². The van der Waals surface area contributed by atoms with E-state index in [1.807, 2.05) is 12.1 Å². The molecular formula is C16H17N3O2. The van der Waals surface area contributed by atoms with E-state index < -0.39 is 5.97 Å². The Morgan fingerprint density at radius 2 is 1.86 bits per heavy atom. The molecule has 3 rings (SSSR count). The van der Waals surface area contributed by atoms with Crippen LogP contribution >= 0.6 is 0 Å². The van der Waals surface area contributed by atoms with Crippen LogP contribution in [0.2, 0.25) is 0 Å². The molecule has 1 heterocycles. The van der Waals surface area contributed by atoms with Gasteiger partial charge in [-0.3, -0.25) is 0 Å². The molecule has 1 aromatic heterocycles. The molecule has 0 spiro atoms. The standard InChI is InChI=1S/C16H17N3O2/c1-9-12(15(20)21)13(17)19-14(18-9)10-3-5-11(6-4-10)16(2)7-8-16/h3-6H,7-8H2,1-2H3,(H,20,21)(H2,17,18,19). The predicted octanol–water partition coefficient (Wildman–Crippen LogP) is 2.78. The van der Waals surface area contributed by atoms with E-state index in [1.165, 1.54) is 18.4 Å². The Bertz CT molecular complexity index is 696. The number of aryl methyl sites for hydroxylation is 1. The van der Waals surface area contributed by atoms with Crippen molar-refractivity contribution in [1.82, 2.24) is 9.97 Å². The number of aromatic carboxylic acids is 1. The molecule has 0 radical (unpaired) electrons. The molecule has 3 N–H and O–H groups in total. The molecule has 5 nitrogen and oxygen atoms in total. The summed E-state index contributed by atoms with van der Waals surface area (Å²) in [5, 5.41) is 9.08. The molecule has 1 aromatic carbocycles. The van der Waals surface area contributed by atoms with Crippen LogP contribution in [0.4, 0.5) is 5.82 Å². The maximum atomic E-state index is 11.1. The van der Waals surface area contributed by atoms with Crippen LogP contribution in [0.1, 0.15) is 41.4 Å². The largest absolute Gasteiger partial charge is 0.477 e. The summed E-state index contributed by atoms with van der Waals surface area (Å²) >= 11 is 0. The van der Waals surface area contributed by atoms with E-state index >= 15 is 0 Å². The van der Waals surface area contributed by atoms with Crippen LogP contribution < -0.4 is 5.73 Å². The Kier molecular flexibility index (Phi) is 2.93. The first-order chi connectivity index (χ1) is 9.90. The first kappa shape index (κ1) is 13.5. The van der Waals surface area contributed by atoms with Crippen molar-refractivity contribution >= 4 is 11.8 Å². The molecule has 1 fully saturated rings. The molecule has 0 amide bonds. The number of aromatic nitrogens is 2. The third-order valence-corrected chi connectivity index (χ3v) is 4.17. The molecule has 1 aliphatic carbocycles. The second-order valence-electron chi connectivity index (χ2n) is 5.84. The Balaban J connectivity index is 1.99. The molecule has 0 bridgehead atoms. The summed E-state index contributed by atoms with van der Waals surface area (Å²) < 4.78 is 0. The summed E-state index contributed by atoms with van der Waals surface area (Å²) in [5.74, 6) is -0.640. The van der Waals surface area contributed by atoms with Crippen molar-refractivity contribution in [2.45, 2.75) is 32.1 Å². The third-order valence-electron chi connectivity index (χ3n) is 4.17. The maximum Gasteiger partial charge on any atom is 0.341 e. The lowest BCUT2D eigenvalue weighted by Crippen LogP contribution is -2.10. The first-order valence-corrected chi connectivity index (χ1v) is 6.89. The quantitative estimate of drug-likeness (QED) is 0.904. The number of nitrogens with two attached hydrogens (primary N) is 1. The van der Waals surface area contributed by atoms with Crippen molar-refractivity contribution in [1.29, 1.82) is 0 Å². The van der Waals surface area contributed by atoms with Crippen LogP contribution in [-0.4, -0.2) is 21.0 Å². The molecule has 5 heteroatoms. The molecule has 21 heavy (non-hydrogen) atoms. The van der Waals surface area contributed by atoms with E-state index in [0.29, 0.717) is 16.9 Å². The average molecular weight is 283 g/mol. The summed E-state index contributed by atoms with van der Waals surface area (Å²) in [7, 11) is 0. The van der Waals surface area contributed by atoms with Crippen LogP contribution in [0.5, 0.6) is 0 Å². The van der Waals surface area contributed by atoms with Crippen molar-refractivity contribution in [3.05, 3.63) is 41.1 Å². The number of carbonyl (C=O) groups is 1. The van der Waals surface area contributed by atoms with Gasteiger partial charge in [-0.2, -0.15) is 0 Å². The van der Waals surface area contributed by atoms with Gasteiger partial charge in [0.05, 0.1) is 5.69 Å². The van der Waals surface area contributed by atoms with E-state index in [9.17, 15) is 4.79 Å². The van der Waals surface area contributed by atoms with Crippen LogP contribution in [0.25, 0.3) is 11.4 Å². The van der Waals surface area contributed by atoms with Gasteiger partial charge in [0.2, 0.25) is 0 Å². The monoisotopic (exact) mass is 283 g/mol. The highest BCUT2D eigenvalue weighted by atomic mass is 16.4.